The third-order valence-electron chi connectivity index (χ3n) is 6.19. The first-order valence-corrected chi connectivity index (χ1v) is 13.1. The van der Waals surface area contributed by atoms with Gasteiger partial charge in [0.05, 0.1) is 50.5 Å². The maximum atomic E-state index is 11.6. The van der Waals surface area contributed by atoms with E-state index in [4.69, 9.17) is 14.6 Å². The van der Waals surface area contributed by atoms with Crippen LogP contribution in [0, 0.1) is 0 Å². The molecule has 2 N–H and O–H groups in total. The molecule has 3 atom stereocenters. The van der Waals surface area contributed by atoms with E-state index in [1.165, 1.54) is 5.56 Å². The van der Waals surface area contributed by atoms with Crippen molar-refractivity contribution in [3.63, 3.8) is 0 Å². The number of likely N-dealkylation sites (tertiary alicyclic amines) is 1. The fourth-order valence-electron chi connectivity index (χ4n) is 4.19. The molecule has 2 fully saturated rings. The van der Waals surface area contributed by atoms with Crippen molar-refractivity contribution in [3.05, 3.63) is 71.8 Å². The maximum absolute atomic E-state index is 11.6. The molecule has 0 saturated carbocycles. The number of Topliss-reactive ketones (excluding diaryl/α,β-unsaturated/α-hetero) is 1. The van der Waals surface area contributed by atoms with Crippen molar-refractivity contribution in [3.8, 4) is 0 Å². The first-order chi connectivity index (χ1) is 18.0. The second-order valence-corrected chi connectivity index (χ2v) is 9.43. The molecule has 0 aliphatic carbocycles. The maximum Gasteiger partial charge on any atom is 1.00 e. The van der Waals surface area contributed by atoms with Crippen LogP contribution in [0.3, 0.4) is 0 Å². The molecule has 209 valence electrons. The van der Waals surface area contributed by atoms with Crippen LogP contribution in [-0.4, -0.2) is 93.0 Å². The van der Waals surface area contributed by atoms with Crippen LogP contribution in [0.25, 0.3) is 0 Å². The van der Waals surface area contributed by atoms with Crippen molar-refractivity contribution in [2.24, 2.45) is 4.47 Å². The minimum absolute atomic E-state index is 0. The zero-order valence-corrected chi connectivity index (χ0v) is 26.3. The summed E-state index contributed by atoms with van der Waals surface area (Å²) in [6, 6.07) is 20.1. The number of likely N-dealkylation sites (N-methyl/N-ethyl adjacent to an activating group) is 1. The summed E-state index contributed by atoms with van der Waals surface area (Å²) < 4.78 is 15.4. The van der Waals surface area contributed by atoms with Gasteiger partial charge < -0.3 is 26.0 Å². The average Bonchev–Trinajstić information content (AvgIpc) is 3.22. The topological polar surface area (TPSA) is 94.8 Å². The van der Waals surface area contributed by atoms with Crippen LogP contribution in [0.4, 0.5) is 0 Å². The predicted molar refractivity (Wildman–Crippen MR) is 153 cm³/mol. The summed E-state index contributed by atoms with van der Waals surface area (Å²) in [7, 11) is 3.08. The van der Waals surface area contributed by atoms with Crippen molar-refractivity contribution >= 4 is 26.6 Å². The van der Waals surface area contributed by atoms with Crippen LogP contribution >= 0.6 is 0 Å². The van der Waals surface area contributed by atoms with E-state index in [2.05, 4.69) is 41.0 Å². The van der Waals surface area contributed by atoms with Gasteiger partial charge in [-0.3, -0.25) is 9.80 Å². The molecule has 2 heterocycles. The Labute approximate surface area is 264 Å². The Morgan fingerprint density at radius 1 is 0.949 bits per heavy atom. The van der Waals surface area contributed by atoms with E-state index in [0.717, 1.165) is 38.6 Å². The number of rotatable bonds is 7. The molecular weight excluding hydrogens is 524 g/mol. The molecule has 3 unspecified atom stereocenters. The van der Waals surface area contributed by atoms with Crippen molar-refractivity contribution in [1.29, 1.82) is 0 Å². The number of ether oxygens (including phenoxy) is 2. The van der Waals surface area contributed by atoms with Gasteiger partial charge in [0, 0.05) is 54.4 Å². The Balaban J connectivity index is 0. The van der Waals surface area contributed by atoms with Gasteiger partial charge in [-0.25, -0.2) is 0 Å². The van der Waals surface area contributed by atoms with Gasteiger partial charge in [-0.15, -0.1) is 4.47 Å². The summed E-state index contributed by atoms with van der Waals surface area (Å²) in [5.41, 5.74) is 2.30. The van der Waals surface area contributed by atoms with Gasteiger partial charge >= 0.3 is 29.6 Å². The molecule has 2 aliphatic rings. The normalized spacial score (nSPS) is 21.3. The monoisotopic (exact) mass is 566 g/mol. The molecule has 11 heteroatoms. The quantitative estimate of drug-likeness (QED) is 0.449. The Bertz CT molecular complexity index is 898. The third kappa shape index (κ3) is 16.0. The van der Waals surface area contributed by atoms with Crippen LogP contribution in [0.5, 0.6) is 0 Å². The van der Waals surface area contributed by atoms with Gasteiger partial charge in [-0.1, -0.05) is 60.7 Å². The smallest absolute Gasteiger partial charge is 1.00 e. The molecule has 0 amide bonds. The number of aliphatic hydroxyl groups is 2. The van der Waals surface area contributed by atoms with Crippen LogP contribution in [0.2, 0.25) is 0 Å². The van der Waals surface area contributed by atoms with Crippen LogP contribution < -0.4 is 29.6 Å². The zero-order chi connectivity index (χ0) is 26.9. The van der Waals surface area contributed by atoms with E-state index in [1.54, 1.807) is 5.01 Å². The van der Waals surface area contributed by atoms with Crippen LogP contribution in [0.1, 0.15) is 38.2 Å². The molecule has 0 bridgehead atoms. The number of hydrogen-bond acceptors (Lipinski definition) is 8. The second kappa shape index (κ2) is 22.5. The van der Waals surface area contributed by atoms with Crippen molar-refractivity contribution < 1.29 is 55.5 Å². The Hall–Kier alpha value is -1.21. The van der Waals surface area contributed by atoms with Gasteiger partial charge in [0.25, 0.3) is 0 Å². The molecule has 39 heavy (non-hydrogen) atoms. The predicted octanol–water partition coefficient (Wildman–Crippen LogP) is -0.115. The minimum Gasteiger partial charge on any atom is -1.00 e. The van der Waals surface area contributed by atoms with E-state index in [-0.39, 0.29) is 63.5 Å². The van der Waals surface area contributed by atoms with Crippen molar-refractivity contribution in [2.75, 3.05) is 40.3 Å². The summed E-state index contributed by atoms with van der Waals surface area (Å²) in [6.45, 7) is 4.21. The van der Waals surface area contributed by atoms with Gasteiger partial charge in [-0.2, -0.15) is 0 Å². The van der Waals surface area contributed by atoms with Gasteiger partial charge in [0.1, 0.15) is 5.78 Å². The number of carbonyl (C=O) groups is 1. The van der Waals surface area contributed by atoms with Crippen LogP contribution in [-0.2, 0) is 39.9 Å². The largest absolute Gasteiger partial charge is 1.00 e. The minimum atomic E-state index is -0.222. The number of nitrogens with zero attached hydrogens (tertiary/aromatic N) is 3. The van der Waals surface area contributed by atoms with E-state index in [1.807, 2.05) is 48.5 Å². The first-order valence-electron chi connectivity index (χ1n) is 12.7. The van der Waals surface area contributed by atoms with Crippen LogP contribution in [0.15, 0.2) is 65.1 Å². The molecular formula is C28H42BN3NaO5S. The van der Waals surface area contributed by atoms with E-state index >= 15 is 0 Å². The molecule has 0 spiro atoms. The first kappa shape index (κ1) is 37.8. The summed E-state index contributed by atoms with van der Waals surface area (Å²) in [6.07, 6.45) is 2.35. The third-order valence-corrected chi connectivity index (χ3v) is 6.42. The fourth-order valence-corrected chi connectivity index (χ4v) is 4.34. The summed E-state index contributed by atoms with van der Waals surface area (Å²) in [4.78, 5) is 13.8. The average molecular weight is 567 g/mol. The molecule has 0 aromatic heterocycles. The van der Waals surface area contributed by atoms with E-state index in [9.17, 15) is 9.90 Å². The Morgan fingerprint density at radius 3 is 2.03 bits per heavy atom. The number of aliphatic hydroxyl groups excluding tert-OH is 2. The SMILES string of the molecule is CN1CCC(O)CC(OCc2ccccc2)C1.CO.O=C1CCN(N=S)CC(OCc2ccccc2)C1.[B].[H-].[Na+]. The molecule has 3 radical (unpaired) electrons. The summed E-state index contributed by atoms with van der Waals surface area (Å²) >= 11 is 4.69. The van der Waals surface area contributed by atoms with Gasteiger partial charge in [-0.05, 0) is 24.6 Å². The molecule has 8 nitrogen and oxygen atoms in total. The molecule has 2 aromatic rings. The number of ketones is 1. The summed E-state index contributed by atoms with van der Waals surface area (Å²) in [5, 5.41) is 18.5. The molecule has 4 rings (SSSR count). The number of carbonyl (C=O) groups excluding carboxylic acids is 1. The number of hydrogen-bond donors (Lipinski definition) is 2. The fraction of sp³-hybridized carbons (Fsp3) is 0.536. The van der Waals surface area contributed by atoms with Crippen molar-refractivity contribution in [2.45, 2.75) is 57.2 Å². The van der Waals surface area contributed by atoms with Gasteiger partial charge in [0.15, 0.2) is 0 Å². The second-order valence-electron chi connectivity index (χ2n) is 9.26. The Kier molecular flexibility index (Phi) is 21.8. The summed E-state index contributed by atoms with van der Waals surface area (Å²) in [5.74, 6) is 0.217. The number of benzene rings is 2. The molecule has 2 aliphatic heterocycles. The molecule has 2 saturated heterocycles. The van der Waals surface area contributed by atoms with Crippen molar-refractivity contribution in [1.82, 2.24) is 9.91 Å². The standard InChI is InChI=1S/C14H21NO2.C13H16N2O2S.CH4O.B.Na.H/c1-15-8-7-13(16)9-14(10-15)17-11-12-5-3-2-4-6-12;16-12-6-7-15(14-18)9-13(8-12)17-10-11-4-2-1-3-5-11;1-2;;;/h2-6,13-14,16H,7-11H2,1H3;1-5,13H,6-10H2;2H,1H3;;;/q;;;;+1;-1. The van der Waals surface area contributed by atoms with Gasteiger partial charge in [0.2, 0.25) is 0 Å². The zero-order valence-electron chi connectivity index (χ0n) is 24.5. The molecule has 2 aromatic carbocycles. The Morgan fingerprint density at radius 2 is 1.49 bits per heavy atom. The van der Waals surface area contributed by atoms with E-state index < -0.39 is 0 Å². The van der Waals surface area contributed by atoms with E-state index in [0.29, 0.717) is 39.1 Å².